The Kier molecular flexibility index (Phi) is 4.92. The first-order valence-corrected chi connectivity index (χ1v) is 7.99. The minimum absolute atomic E-state index is 0.0613. The summed E-state index contributed by atoms with van der Waals surface area (Å²) in [7, 11) is 0. The van der Waals surface area contributed by atoms with Crippen LogP contribution in [0, 0.1) is 11.8 Å². The van der Waals surface area contributed by atoms with Gasteiger partial charge in [0.15, 0.2) is 0 Å². The van der Waals surface area contributed by atoms with E-state index in [1.54, 1.807) is 18.5 Å². The second kappa shape index (κ2) is 7.15. The van der Waals surface area contributed by atoms with Crippen LogP contribution in [-0.2, 0) is 22.3 Å². The van der Waals surface area contributed by atoms with E-state index in [-0.39, 0.29) is 11.6 Å². The number of pyridine rings is 1. The van der Waals surface area contributed by atoms with Gasteiger partial charge in [-0.2, -0.15) is 13.2 Å². The SMILES string of the molecule is O=C(NCc1cccnc1)C1CC1C(=O)Nc1cccc(C(F)(F)F)c1. The van der Waals surface area contributed by atoms with E-state index < -0.39 is 29.5 Å². The number of carbonyl (C=O) groups is 2. The molecule has 1 aromatic heterocycles. The number of benzene rings is 1. The lowest BCUT2D eigenvalue weighted by atomic mass is 10.2. The lowest BCUT2D eigenvalue weighted by Gasteiger charge is -2.10. The number of hydrogen-bond acceptors (Lipinski definition) is 3. The van der Waals surface area contributed by atoms with E-state index in [1.807, 2.05) is 6.07 Å². The summed E-state index contributed by atoms with van der Waals surface area (Å²) in [4.78, 5) is 28.2. The predicted octanol–water partition coefficient (Wildman–Crippen LogP) is 2.99. The summed E-state index contributed by atoms with van der Waals surface area (Å²) in [5.74, 6) is -1.69. The van der Waals surface area contributed by atoms with Crippen LogP contribution in [0.15, 0.2) is 48.8 Å². The number of halogens is 3. The smallest absolute Gasteiger partial charge is 0.352 e. The van der Waals surface area contributed by atoms with Crippen molar-refractivity contribution in [1.29, 1.82) is 0 Å². The highest BCUT2D eigenvalue weighted by molar-refractivity contribution is 5.99. The van der Waals surface area contributed by atoms with E-state index in [1.165, 1.54) is 12.1 Å². The fourth-order valence-electron chi connectivity index (χ4n) is 2.61. The molecule has 2 N–H and O–H groups in total. The summed E-state index contributed by atoms with van der Waals surface area (Å²) in [6, 6.07) is 7.98. The third-order valence-corrected chi connectivity index (χ3v) is 4.11. The third kappa shape index (κ3) is 4.38. The topological polar surface area (TPSA) is 71.1 Å². The van der Waals surface area contributed by atoms with Crippen molar-refractivity contribution < 1.29 is 22.8 Å². The first kappa shape index (κ1) is 17.9. The molecule has 1 aliphatic carbocycles. The van der Waals surface area contributed by atoms with Gasteiger partial charge in [0.2, 0.25) is 11.8 Å². The first-order valence-electron chi connectivity index (χ1n) is 7.99. The van der Waals surface area contributed by atoms with E-state index in [2.05, 4.69) is 15.6 Å². The van der Waals surface area contributed by atoms with Crippen molar-refractivity contribution in [2.24, 2.45) is 11.8 Å². The van der Waals surface area contributed by atoms with Gasteiger partial charge >= 0.3 is 6.18 Å². The maximum absolute atomic E-state index is 12.7. The van der Waals surface area contributed by atoms with Crippen molar-refractivity contribution in [1.82, 2.24) is 10.3 Å². The van der Waals surface area contributed by atoms with Gasteiger partial charge in [-0.1, -0.05) is 12.1 Å². The molecule has 1 aliphatic rings. The van der Waals surface area contributed by atoms with E-state index in [0.29, 0.717) is 13.0 Å². The molecule has 0 radical (unpaired) electrons. The van der Waals surface area contributed by atoms with Gasteiger partial charge in [-0.05, 0) is 36.2 Å². The zero-order chi connectivity index (χ0) is 18.7. The molecule has 1 aromatic carbocycles. The van der Waals surface area contributed by atoms with E-state index in [4.69, 9.17) is 0 Å². The largest absolute Gasteiger partial charge is 0.416 e. The van der Waals surface area contributed by atoms with Crippen LogP contribution in [0.3, 0.4) is 0 Å². The molecule has 8 heteroatoms. The van der Waals surface area contributed by atoms with Crippen molar-refractivity contribution in [2.75, 3.05) is 5.32 Å². The first-order chi connectivity index (χ1) is 12.3. The number of alkyl halides is 3. The number of rotatable bonds is 5. The molecule has 0 aliphatic heterocycles. The molecule has 5 nitrogen and oxygen atoms in total. The van der Waals surface area contributed by atoms with Crippen molar-refractivity contribution in [3.63, 3.8) is 0 Å². The minimum atomic E-state index is -4.48. The molecule has 1 heterocycles. The molecular weight excluding hydrogens is 347 g/mol. The number of carbonyl (C=O) groups excluding carboxylic acids is 2. The number of anilines is 1. The standard InChI is InChI=1S/C18H16F3N3O2/c19-18(20,21)12-4-1-5-13(7-12)24-17(26)15-8-14(15)16(25)23-10-11-3-2-6-22-9-11/h1-7,9,14-15H,8,10H2,(H,23,25)(H,24,26). The molecule has 3 rings (SSSR count). The maximum Gasteiger partial charge on any atom is 0.416 e. The third-order valence-electron chi connectivity index (χ3n) is 4.11. The van der Waals surface area contributed by atoms with E-state index in [0.717, 1.165) is 17.7 Å². The number of aromatic nitrogens is 1. The van der Waals surface area contributed by atoms with Crippen LogP contribution in [0.4, 0.5) is 18.9 Å². The lowest BCUT2D eigenvalue weighted by Crippen LogP contribution is -2.27. The molecule has 2 atom stereocenters. The molecule has 2 unspecified atom stereocenters. The predicted molar refractivity (Wildman–Crippen MR) is 87.8 cm³/mol. The van der Waals surface area contributed by atoms with Crippen LogP contribution in [-0.4, -0.2) is 16.8 Å². The highest BCUT2D eigenvalue weighted by Crippen LogP contribution is 2.40. The zero-order valence-electron chi connectivity index (χ0n) is 13.6. The molecule has 1 fully saturated rings. The fraction of sp³-hybridized carbons (Fsp3) is 0.278. The molecule has 0 saturated heterocycles. The molecule has 26 heavy (non-hydrogen) atoms. The number of hydrogen-bond donors (Lipinski definition) is 2. The Morgan fingerprint density at radius 1 is 1.12 bits per heavy atom. The Labute approximate surface area is 147 Å². The lowest BCUT2D eigenvalue weighted by molar-refractivity contribution is -0.137. The summed E-state index contributed by atoms with van der Waals surface area (Å²) in [6.45, 7) is 0.311. The minimum Gasteiger partial charge on any atom is -0.352 e. The molecule has 2 amide bonds. The van der Waals surface area contributed by atoms with Gasteiger partial charge in [0, 0.05) is 24.6 Å². The second-order valence-corrected chi connectivity index (χ2v) is 6.10. The number of nitrogens with one attached hydrogen (secondary N) is 2. The normalized spacial score (nSPS) is 18.9. The second-order valence-electron chi connectivity index (χ2n) is 6.10. The monoisotopic (exact) mass is 363 g/mol. The Hall–Kier alpha value is -2.90. The highest BCUT2D eigenvalue weighted by atomic mass is 19.4. The van der Waals surface area contributed by atoms with Crippen molar-refractivity contribution in [2.45, 2.75) is 19.1 Å². The molecule has 136 valence electrons. The average Bonchev–Trinajstić information content (AvgIpc) is 3.41. The van der Waals surface area contributed by atoms with Gasteiger partial charge < -0.3 is 10.6 Å². The van der Waals surface area contributed by atoms with Crippen LogP contribution in [0.25, 0.3) is 0 Å². The molecule has 0 bridgehead atoms. The van der Waals surface area contributed by atoms with Gasteiger partial charge in [0.25, 0.3) is 0 Å². The molecule has 0 spiro atoms. The van der Waals surface area contributed by atoms with Crippen LogP contribution in [0.2, 0.25) is 0 Å². The number of nitrogens with zero attached hydrogens (tertiary/aromatic N) is 1. The van der Waals surface area contributed by atoms with Crippen molar-refractivity contribution >= 4 is 17.5 Å². The van der Waals surface area contributed by atoms with Gasteiger partial charge in [0.05, 0.1) is 17.4 Å². The van der Waals surface area contributed by atoms with Gasteiger partial charge in [-0.3, -0.25) is 14.6 Å². The fourth-order valence-corrected chi connectivity index (χ4v) is 2.61. The van der Waals surface area contributed by atoms with Crippen LogP contribution in [0.1, 0.15) is 17.5 Å². The van der Waals surface area contributed by atoms with Gasteiger partial charge in [0.1, 0.15) is 0 Å². The summed E-state index contributed by atoms with van der Waals surface area (Å²) < 4.78 is 38.1. The van der Waals surface area contributed by atoms with Crippen LogP contribution >= 0.6 is 0 Å². The van der Waals surface area contributed by atoms with Crippen molar-refractivity contribution in [3.8, 4) is 0 Å². The molecule has 2 aromatic rings. The van der Waals surface area contributed by atoms with Gasteiger partial charge in [-0.15, -0.1) is 0 Å². The highest BCUT2D eigenvalue weighted by Gasteiger charge is 2.48. The van der Waals surface area contributed by atoms with Gasteiger partial charge in [-0.25, -0.2) is 0 Å². The zero-order valence-corrected chi connectivity index (χ0v) is 13.6. The summed E-state index contributed by atoms with van der Waals surface area (Å²) in [5.41, 5.74) is 0.0644. The van der Waals surface area contributed by atoms with Crippen molar-refractivity contribution in [3.05, 3.63) is 59.9 Å². The Morgan fingerprint density at radius 3 is 2.58 bits per heavy atom. The summed E-state index contributed by atoms with van der Waals surface area (Å²) >= 11 is 0. The maximum atomic E-state index is 12.7. The van der Waals surface area contributed by atoms with E-state index in [9.17, 15) is 22.8 Å². The molecular formula is C18H16F3N3O2. The van der Waals surface area contributed by atoms with Crippen LogP contribution in [0.5, 0.6) is 0 Å². The summed E-state index contributed by atoms with van der Waals surface area (Å²) in [5, 5.41) is 5.18. The molecule has 1 saturated carbocycles. The Morgan fingerprint density at radius 2 is 1.88 bits per heavy atom. The Balaban J connectivity index is 1.52. The number of amides is 2. The quantitative estimate of drug-likeness (QED) is 0.858. The average molecular weight is 363 g/mol. The summed E-state index contributed by atoms with van der Waals surface area (Å²) in [6.07, 6.45) is -0.843. The van der Waals surface area contributed by atoms with Crippen LogP contribution < -0.4 is 10.6 Å². The van der Waals surface area contributed by atoms with E-state index >= 15 is 0 Å². The Bertz CT molecular complexity index is 809.